The van der Waals surface area contributed by atoms with Gasteiger partial charge in [0.25, 0.3) is 5.91 Å². The molecule has 0 bridgehead atoms. The summed E-state index contributed by atoms with van der Waals surface area (Å²) in [5.41, 5.74) is 3.75. The lowest BCUT2D eigenvalue weighted by Gasteiger charge is -2.34. The highest BCUT2D eigenvalue weighted by molar-refractivity contribution is 6.33. The summed E-state index contributed by atoms with van der Waals surface area (Å²) >= 11 is 5.77. The number of carbonyl (C=O) groups is 1. The molecule has 218 valence electrons. The summed E-state index contributed by atoms with van der Waals surface area (Å²) in [6, 6.07) is 13.3. The van der Waals surface area contributed by atoms with E-state index < -0.39 is 63.9 Å². The van der Waals surface area contributed by atoms with Gasteiger partial charge in [-0.05, 0) is 36.5 Å². The van der Waals surface area contributed by atoms with Crippen LogP contribution in [0.25, 0.3) is 11.1 Å². The van der Waals surface area contributed by atoms with Crippen LogP contribution >= 0.6 is 11.6 Å². The number of ether oxygens (including phenoxy) is 2. The van der Waals surface area contributed by atoms with Crippen molar-refractivity contribution in [2.24, 2.45) is 5.73 Å². The molecule has 1 saturated carbocycles. The molecule has 41 heavy (non-hydrogen) atoms. The van der Waals surface area contributed by atoms with Crippen molar-refractivity contribution in [1.29, 1.82) is 0 Å². The number of halogens is 6. The van der Waals surface area contributed by atoms with Gasteiger partial charge >= 0.3 is 6.61 Å². The Labute approximate surface area is 237 Å². The summed E-state index contributed by atoms with van der Waals surface area (Å²) in [5.74, 6) is -5.33. The molecule has 0 saturated heterocycles. The number of nitrogens with one attached hydrogen (secondary N) is 1. The molecule has 1 amide bonds. The third-order valence-corrected chi connectivity index (χ3v) is 7.96. The van der Waals surface area contributed by atoms with Crippen molar-refractivity contribution in [1.82, 2.24) is 5.32 Å². The Bertz CT molecular complexity index is 1460. The average Bonchev–Trinajstić information content (AvgIpc) is 3.34. The maximum Gasteiger partial charge on any atom is 0.387 e. The fourth-order valence-corrected chi connectivity index (χ4v) is 5.85. The fraction of sp³-hybridized carbons (Fsp3) is 0.345. The van der Waals surface area contributed by atoms with Crippen LogP contribution in [0.5, 0.6) is 11.5 Å². The van der Waals surface area contributed by atoms with Crippen LogP contribution < -0.4 is 20.5 Å². The van der Waals surface area contributed by atoms with Crippen LogP contribution in [0.4, 0.5) is 22.0 Å². The standard InChI is InChI=1S/C29H26ClF5N2O4/c30-23-24(32)22(27(36)39)21(25(33)26(23)40-28(34)35)16-7-4-8-20-17(16)12-29(41-20,14-5-2-1-3-6-14)13-37-15-9-10-19(38)18(31)11-15/h1-8,15,18-19,28,37-38H,9-13H2,(H2,36,39)/t15-,18+,19+,29-/m1/s1. The number of aliphatic hydroxyl groups excluding tert-OH is 1. The van der Waals surface area contributed by atoms with Gasteiger partial charge in [-0.25, -0.2) is 13.2 Å². The van der Waals surface area contributed by atoms with E-state index in [0.717, 1.165) is 5.56 Å². The van der Waals surface area contributed by atoms with Crippen LogP contribution in [0.15, 0.2) is 48.5 Å². The molecule has 1 aliphatic carbocycles. The minimum atomic E-state index is -3.53. The van der Waals surface area contributed by atoms with E-state index in [1.54, 1.807) is 18.2 Å². The number of benzene rings is 3. The second-order valence-corrected chi connectivity index (χ2v) is 10.5. The Kier molecular flexibility index (Phi) is 8.13. The zero-order chi connectivity index (χ0) is 29.5. The van der Waals surface area contributed by atoms with Crippen molar-refractivity contribution in [3.63, 3.8) is 0 Å². The van der Waals surface area contributed by atoms with Gasteiger partial charge < -0.3 is 25.6 Å². The molecule has 4 atom stereocenters. The first-order valence-corrected chi connectivity index (χ1v) is 13.3. The van der Waals surface area contributed by atoms with Crippen LogP contribution in [-0.4, -0.2) is 42.5 Å². The maximum atomic E-state index is 15.8. The molecule has 0 radical (unpaired) electrons. The van der Waals surface area contributed by atoms with Crippen LogP contribution in [0.2, 0.25) is 5.02 Å². The van der Waals surface area contributed by atoms with Gasteiger partial charge in [-0.2, -0.15) is 8.78 Å². The molecular weight excluding hydrogens is 571 g/mol. The molecule has 12 heteroatoms. The van der Waals surface area contributed by atoms with E-state index in [2.05, 4.69) is 10.1 Å². The number of hydrogen-bond acceptors (Lipinski definition) is 5. The summed E-state index contributed by atoms with van der Waals surface area (Å²) in [4.78, 5) is 12.3. The van der Waals surface area contributed by atoms with Gasteiger partial charge in [0.2, 0.25) is 0 Å². The number of primary amides is 1. The van der Waals surface area contributed by atoms with E-state index in [9.17, 15) is 23.1 Å². The van der Waals surface area contributed by atoms with Crippen LogP contribution in [-0.2, 0) is 12.0 Å². The topological polar surface area (TPSA) is 93.8 Å². The molecule has 1 aliphatic heterocycles. The van der Waals surface area contributed by atoms with Gasteiger partial charge in [-0.3, -0.25) is 4.79 Å². The molecule has 6 nitrogen and oxygen atoms in total. The Balaban J connectivity index is 1.60. The first-order chi connectivity index (χ1) is 19.5. The highest BCUT2D eigenvalue weighted by Crippen LogP contribution is 2.49. The van der Waals surface area contributed by atoms with Crippen molar-refractivity contribution >= 4 is 17.5 Å². The molecule has 0 aromatic heterocycles. The Morgan fingerprint density at radius 3 is 2.54 bits per heavy atom. The number of alkyl halides is 3. The van der Waals surface area contributed by atoms with Gasteiger partial charge in [0.05, 0.1) is 11.7 Å². The van der Waals surface area contributed by atoms with Gasteiger partial charge in [0.15, 0.2) is 23.0 Å². The molecule has 1 heterocycles. The summed E-state index contributed by atoms with van der Waals surface area (Å²) in [7, 11) is 0. The second kappa shape index (κ2) is 11.5. The smallest absolute Gasteiger partial charge is 0.387 e. The molecule has 0 unspecified atom stereocenters. The molecule has 4 N–H and O–H groups in total. The van der Waals surface area contributed by atoms with Gasteiger partial charge in [0, 0.05) is 30.1 Å². The van der Waals surface area contributed by atoms with E-state index in [4.69, 9.17) is 22.1 Å². The number of hydrogen-bond donors (Lipinski definition) is 3. The molecule has 2 aliphatic rings. The van der Waals surface area contributed by atoms with E-state index in [-0.39, 0.29) is 36.7 Å². The third kappa shape index (κ3) is 5.45. The van der Waals surface area contributed by atoms with Crippen LogP contribution in [0, 0.1) is 11.6 Å². The number of nitrogens with two attached hydrogens (primary N) is 1. The molecule has 5 rings (SSSR count). The number of rotatable bonds is 8. The quantitative estimate of drug-likeness (QED) is 0.231. The summed E-state index contributed by atoms with van der Waals surface area (Å²) in [6.07, 6.45) is -1.37. The number of carbonyl (C=O) groups excluding carboxylic acids is 1. The largest absolute Gasteiger partial charge is 0.481 e. The van der Waals surface area contributed by atoms with E-state index >= 15 is 8.78 Å². The van der Waals surface area contributed by atoms with E-state index in [1.807, 2.05) is 18.2 Å². The predicted octanol–water partition coefficient (Wildman–Crippen LogP) is 5.66. The Hall–Kier alpha value is -3.41. The van der Waals surface area contributed by atoms with Crippen LogP contribution in [0.1, 0.15) is 40.7 Å². The zero-order valence-electron chi connectivity index (χ0n) is 21.5. The van der Waals surface area contributed by atoms with Crippen molar-refractivity contribution in [2.45, 2.75) is 56.2 Å². The third-order valence-electron chi connectivity index (χ3n) is 7.62. The minimum Gasteiger partial charge on any atom is -0.481 e. The Morgan fingerprint density at radius 1 is 1.15 bits per heavy atom. The summed E-state index contributed by atoms with van der Waals surface area (Å²) in [6.45, 7) is -3.35. The molecule has 1 fully saturated rings. The molecular formula is C29H26ClF5N2O4. The summed E-state index contributed by atoms with van der Waals surface area (Å²) < 4.78 is 82.0. The van der Waals surface area contributed by atoms with E-state index in [1.165, 1.54) is 12.1 Å². The second-order valence-electron chi connectivity index (χ2n) is 10.2. The van der Waals surface area contributed by atoms with Crippen LogP contribution in [0.3, 0.4) is 0 Å². The lowest BCUT2D eigenvalue weighted by Crippen LogP contribution is -2.48. The predicted molar refractivity (Wildman–Crippen MR) is 141 cm³/mol. The van der Waals surface area contributed by atoms with Gasteiger partial charge in [0.1, 0.15) is 16.9 Å². The summed E-state index contributed by atoms with van der Waals surface area (Å²) in [5, 5.41) is 12.0. The Morgan fingerprint density at radius 2 is 1.88 bits per heavy atom. The van der Waals surface area contributed by atoms with E-state index in [0.29, 0.717) is 18.4 Å². The minimum absolute atomic E-state index is 0.0223. The first-order valence-electron chi connectivity index (χ1n) is 12.9. The normalized spacial score (nSPS) is 23.8. The maximum absolute atomic E-state index is 15.8. The van der Waals surface area contributed by atoms with Crippen molar-refractivity contribution < 1.29 is 41.3 Å². The zero-order valence-corrected chi connectivity index (χ0v) is 22.2. The number of aliphatic hydroxyl groups is 1. The number of amides is 1. The molecule has 3 aromatic carbocycles. The lowest BCUT2D eigenvalue weighted by molar-refractivity contribution is -0.0522. The fourth-order valence-electron chi connectivity index (χ4n) is 5.62. The number of fused-ring (bicyclic) bond motifs is 1. The molecule has 0 spiro atoms. The monoisotopic (exact) mass is 596 g/mol. The van der Waals surface area contributed by atoms with Crippen molar-refractivity contribution in [3.8, 4) is 22.6 Å². The van der Waals surface area contributed by atoms with Gasteiger partial charge in [-0.1, -0.05) is 54.1 Å². The van der Waals surface area contributed by atoms with Crippen molar-refractivity contribution in [3.05, 3.63) is 81.9 Å². The lowest BCUT2D eigenvalue weighted by atomic mass is 9.84. The molecule has 3 aromatic rings. The SMILES string of the molecule is NC(=O)c1c(F)c(Cl)c(OC(F)F)c(F)c1-c1cccc2c1C[C@@](CN[C@@H]1CC[C@H](O)[C@@H](F)C1)(c1ccccc1)O2. The highest BCUT2D eigenvalue weighted by Gasteiger charge is 2.44. The van der Waals surface area contributed by atoms with Crippen molar-refractivity contribution in [2.75, 3.05) is 6.54 Å². The van der Waals surface area contributed by atoms with Gasteiger partial charge in [-0.15, -0.1) is 0 Å². The highest BCUT2D eigenvalue weighted by atomic mass is 35.5. The average molecular weight is 597 g/mol. The first kappa shape index (κ1) is 29.1.